The minimum atomic E-state index is -0.476. The van der Waals surface area contributed by atoms with E-state index in [4.69, 9.17) is 0 Å². The van der Waals surface area contributed by atoms with Crippen molar-refractivity contribution >= 4 is 17.3 Å². The normalized spacial score (nSPS) is 10.6. The lowest BCUT2D eigenvalue weighted by atomic mass is 10.2. The molecule has 1 amide bonds. The molecule has 0 aliphatic heterocycles. The van der Waals surface area contributed by atoms with Crippen molar-refractivity contribution in [2.45, 2.75) is 13.5 Å². The van der Waals surface area contributed by atoms with Crippen LogP contribution in [0.5, 0.6) is 0 Å². The van der Waals surface area contributed by atoms with Gasteiger partial charge in [-0.2, -0.15) is 0 Å². The maximum Gasteiger partial charge on any atom is 0.271 e. The summed E-state index contributed by atoms with van der Waals surface area (Å²) in [6, 6.07) is 14.3. The van der Waals surface area contributed by atoms with Gasteiger partial charge in [0.25, 0.3) is 5.69 Å². The maximum atomic E-state index is 12.1. The van der Waals surface area contributed by atoms with Crippen LogP contribution < -0.4 is 5.32 Å². The summed E-state index contributed by atoms with van der Waals surface area (Å²) in [4.78, 5) is 24.4. The monoisotopic (exact) mass is 313 g/mol. The highest BCUT2D eigenvalue weighted by molar-refractivity contribution is 5.93. The van der Waals surface area contributed by atoms with E-state index in [9.17, 15) is 14.9 Å². The van der Waals surface area contributed by atoms with E-state index >= 15 is 0 Å². The van der Waals surface area contributed by atoms with Gasteiger partial charge in [0.15, 0.2) is 0 Å². The first-order valence-corrected chi connectivity index (χ1v) is 7.23. The zero-order valence-electron chi connectivity index (χ0n) is 13.2. The minimum Gasteiger partial charge on any atom is -0.324 e. The zero-order valence-corrected chi connectivity index (χ0v) is 13.2. The molecule has 6 nitrogen and oxygen atoms in total. The summed E-state index contributed by atoms with van der Waals surface area (Å²) in [6.07, 6.45) is 0. The van der Waals surface area contributed by atoms with Crippen molar-refractivity contribution in [1.82, 2.24) is 4.90 Å². The molecule has 0 spiro atoms. The van der Waals surface area contributed by atoms with Crippen LogP contribution in [-0.4, -0.2) is 29.3 Å². The molecule has 2 rings (SSSR count). The summed E-state index contributed by atoms with van der Waals surface area (Å²) < 4.78 is 0. The molecule has 0 atom stereocenters. The molecule has 2 aromatic rings. The van der Waals surface area contributed by atoms with Gasteiger partial charge in [-0.25, -0.2) is 0 Å². The van der Waals surface area contributed by atoms with Gasteiger partial charge in [0.1, 0.15) is 0 Å². The number of anilines is 1. The molecule has 0 aromatic heterocycles. The van der Waals surface area contributed by atoms with Crippen molar-refractivity contribution in [1.29, 1.82) is 0 Å². The molecule has 6 heteroatoms. The van der Waals surface area contributed by atoms with E-state index in [0.717, 1.165) is 11.1 Å². The van der Waals surface area contributed by atoms with Gasteiger partial charge in [-0.3, -0.25) is 19.8 Å². The van der Waals surface area contributed by atoms with Crippen molar-refractivity contribution in [3.63, 3.8) is 0 Å². The fourth-order valence-electron chi connectivity index (χ4n) is 2.24. The van der Waals surface area contributed by atoms with E-state index in [1.165, 1.54) is 12.1 Å². The first kappa shape index (κ1) is 16.6. The van der Waals surface area contributed by atoms with Crippen LogP contribution >= 0.6 is 0 Å². The number of nitrogens with zero attached hydrogens (tertiary/aromatic N) is 2. The first-order chi connectivity index (χ1) is 11.0. The second-order valence-electron chi connectivity index (χ2n) is 5.46. The number of carbonyl (C=O) groups excluding carboxylic acids is 1. The van der Waals surface area contributed by atoms with Crippen LogP contribution in [0.15, 0.2) is 48.5 Å². The number of benzene rings is 2. The molecule has 0 fully saturated rings. The van der Waals surface area contributed by atoms with Crippen LogP contribution in [0.3, 0.4) is 0 Å². The molecular formula is C17H19N3O3. The maximum absolute atomic E-state index is 12.1. The van der Waals surface area contributed by atoms with Crippen LogP contribution in [0.2, 0.25) is 0 Å². The topological polar surface area (TPSA) is 75.5 Å². The number of carbonyl (C=O) groups is 1. The molecule has 120 valence electrons. The molecule has 1 N–H and O–H groups in total. The highest BCUT2D eigenvalue weighted by atomic mass is 16.6. The average molecular weight is 313 g/mol. The Morgan fingerprint density at radius 2 is 1.91 bits per heavy atom. The first-order valence-electron chi connectivity index (χ1n) is 7.23. The van der Waals surface area contributed by atoms with E-state index in [2.05, 4.69) is 5.32 Å². The highest BCUT2D eigenvalue weighted by Crippen LogP contribution is 2.21. The molecular weight excluding hydrogens is 294 g/mol. The summed E-state index contributed by atoms with van der Waals surface area (Å²) in [5.74, 6) is -0.202. The van der Waals surface area contributed by atoms with E-state index in [1.807, 2.05) is 42.3 Å². The van der Waals surface area contributed by atoms with Crippen molar-refractivity contribution < 1.29 is 9.72 Å². The van der Waals surface area contributed by atoms with Gasteiger partial charge in [0, 0.05) is 18.7 Å². The molecule has 0 saturated carbocycles. The smallest absolute Gasteiger partial charge is 0.271 e. The second-order valence-corrected chi connectivity index (χ2v) is 5.46. The van der Waals surface area contributed by atoms with E-state index < -0.39 is 4.92 Å². The lowest BCUT2D eigenvalue weighted by Crippen LogP contribution is -2.30. The van der Waals surface area contributed by atoms with Gasteiger partial charge in [-0.05, 0) is 25.1 Å². The van der Waals surface area contributed by atoms with Crippen LogP contribution in [0.1, 0.15) is 11.1 Å². The molecule has 0 aliphatic rings. The summed E-state index contributed by atoms with van der Waals surface area (Å²) in [5.41, 5.74) is 2.34. The molecule has 0 radical (unpaired) electrons. The number of hydrogen-bond acceptors (Lipinski definition) is 4. The van der Waals surface area contributed by atoms with Gasteiger partial charge in [-0.1, -0.05) is 36.4 Å². The Labute approximate surface area is 134 Å². The number of nitro benzene ring substituents is 1. The number of nitrogens with one attached hydrogen (secondary N) is 1. The molecule has 2 aromatic carbocycles. The molecule has 0 heterocycles. The Morgan fingerprint density at radius 3 is 2.57 bits per heavy atom. The predicted molar refractivity (Wildman–Crippen MR) is 89.2 cm³/mol. The van der Waals surface area contributed by atoms with Crippen molar-refractivity contribution in [3.05, 3.63) is 69.8 Å². The van der Waals surface area contributed by atoms with Crippen molar-refractivity contribution in [2.24, 2.45) is 0 Å². The lowest BCUT2D eigenvalue weighted by Gasteiger charge is -2.17. The summed E-state index contributed by atoms with van der Waals surface area (Å²) in [5, 5.41) is 13.6. The summed E-state index contributed by atoms with van der Waals surface area (Å²) in [6.45, 7) is 2.66. The lowest BCUT2D eigenvalue weighted by molar-refractivity contribution is -0.384. The van der Waals surface area contributed by atoms with Crippen molar-refractivity contribution in [2.75, 3.05) is 18.9 Å². The van der Waals surface area contributed by atoms with Crippen LogP contribution in [0, 0.1) is 17.0 Å². The summed E-state index contributed by atoms with van der Waals surface area (Å²) >= 11 is 0. The quantitative estimate of drug-likeness (QED) is 0.657. The number of amides is 1. The molecule has 23 heavy (non-hydrogen) atoms. The Morgan fingerprint density at radius 1 is 1.22 bits per heavy atom. The Bertz CT molecular complexity index is 701. The highest BCUT2D eigenvalue weighted by Gasteiger charge is 2.12. The SMILES string of the molecule is Cc1ccc([N+](=O)[O-])cc1NC(=O)CN(C)Cc1ccccc1. The largest absolute Gasteiger partial charge is 0.324 e. The Kier molecular flexibility index (Phi) is 5.43. The number of aryl methyl sites for hydroxylation is 1. The molecule has 0 bridgehead atoms. The Balaban J connectivity index is 1.96. The molecule has 0 aliphatic carbocycles. The second kappa shape index (κ2) is 7.51. The minimum absolute atomic E-state index is 0.0384. The van der Waals surface area contributed by atoms with Gasteiger partial charge in [0.05, 0.1) is 17.2 Å². The van der Waals surface area contributed by atoms with E-state index in [1.54, 1.807) is 13.0 Å². The number of rotatable bonds is 6. The third-order valence-corrected chi connectivity index (χ3v) is 3.41. The van der Waals surface area contributed by atoms with Gasteiger partial charge in [-0.15, -0.1) is 0 Å². The van der Waals surface area contributed by atoms with Crippen LogP contribution in [0.25, 0.3) is 0 Å². The van der Waals surface area contributed by atoms with E-state index in [-0.39, 0.29) is 18.1 Å². The van der Waals surface area contributed by atoms with Gasteiger partial charge >= 0.3 is 0 Å². The number of hydrogen-bond donors (Lipinski definition) is 1. The van der Waals surface area contributed by atoms with E-state index in [0.29, 0.717) is 12.2 Å². The fourth-order valence-corrected chi connectivity index (χ4v) is 2.24. The Hall–Kier alpha value is -2.73. The average Bonchev–Trinajstić information content (AvgIpc) is 2.50. The summed E-state index contributed by atoms with van der Waals surface area (Å²) in [7, 11) is 1.85. The molecule has 0 saturated heterocycles. The third kappa shape index (κ3) is 4.89. The zero-order chi connectivity index (χ0) is 16.8. The number of nitro groups is 1. The van der Waals surface area contributed by atoms with Crippen LogP contribution in [-0.2, 0) is 11.3 Å². The number of non-ortho nitro benzene ring substituents is 1. The van der Waals surface area contributed by atoms with Gasteiger partial charge in [0.2, 0.25) is 5.91 Å². The third-order valence-electron chi connectivity index (χ3n) is 3.41. The predicted octanol–water partition coefficient (Wildman–Crippen LogP) is 2.97. The standard InChI is InChI=1S/C17H19N3O3/c1-13-8-9-15(20(22)23)10-16(13)18-17(21)12-19(2)11-14-6-4-3-5-7-14/h3-10H,11-12H2,1-2H3,(H,18,21). The number of likely N-dealkylation sites (N-methyl/N-ethyl adjacent to an activating group) is 1. The van der Waals surface area contributed by atoms with Crippen LogP contribution in [0.4, 0.5) is 11.4 Å². The fraction of sp³-hybridized carbons (Fsp3) is 0.235. The molecule has 0 unspecified atom stereocenters. The van der Waals surface area contributed by atoms with Gasteiger partial charge < -0.3 is 5.32 Å². The van der Waals surface area contributed by atoms with Crippen molar-refractivity contribution in [3.8, 4) is 0 Å².